The highest BCUT2D eigenvalue weighted by molar-refractivity contribution is 6.31. The number of carbonyl (C=O) groups is 1. The van der Waals surface area contributed by atoms with Gasteiger partial charge in [-0.15, -0.1) is 0 Å². The van der Waals surface area contributed by atoms with Crippen molar-refractivity contribution in [2.75, 3.05) is 25.9 Å². The minimum Gasteiger partial charge on any atom is -0.462 e. The van der Waals surface area contributed by atoms with Crippen molar-refractivity contribution in [1.82, 2.24) is 4.90 Å². The van der Waals surface area contributed by atoms with E-state index in [1.165, 1.54) is 18.4 Å². The average Bonchev–Trinajstić information content (AvgIpc) is 2.50. The number of anilines is 1. The summed E-state index contributed by atoms with van der Waals surface area (Å²) in [6.45, 7) is 12.2. The largest absolute Gasteiger partial charge is 0.462 e. The molecule has 1 aromatic carbocycles. The van der Waals surface area contributed by atoms with Crippen LogP contribution in [0.5, 0.6) is 0 Å². The number of ether oxygens (including phenoxy) is 1. The average molecular weight is 357 g/mol. The molecule has 0 saturated carbocycles. The lowest BCUT2D eigenvalue weighted by Gasteiger charge is -2.29. The second-order valence-corrected chi connectivity index (χ2v) is 7.09. The quantitative estimate of drug-likeness (QED) is 0.615. The van der Waals surface area contributed by atoms with Crippen molar-refractivity contribution in [3.63, 3.8) is 0 Å². The summed E-state index contributed by atoms with van der Waals surface area (Å²) in [7, 11) is 2.17. The van der Waals surface area contributed by atoms with Gasteiger partial charge in [0.15, 0.2) is 0 Å². The van der Waals surface area contributed by atoms with Gasteiger partial charge in [-0.05, 0) is 77.4 Å². The fraction of sp³-hybridized carbons (Fsp3) is 0.632. The summed E-state index contributed by atoms with van der Waals surface area (Å²) in [4.78, 5) is 12.0. The Hall–Kier alpha value is -1.26. The summed E-state index contributed by atoms with van der Waals surface area (Å²) in [5, 5.41) is 0.824. The lowest BCUT2D eigenvalue weighted by molar-refractivity contribution is -0.138. The third kappa shape index (κ3) is 9.14. The van der Waals surface area contributed by atoms with Crippen molar-refractivity contribution < 1.29 is 9.53 Å². The van der Waals surface area contributed by atoms with Gasteiger partial charge < -0.3 is 15.4 Å². The highest BCUT2D eigenvalue weighted by atomic mass is 35.5. The van der Waals surface area contributed by atoms with Crippen LogP contribution in [0.4, 0.5) is 5.69 Å². The molecule has 1 heterocycles. The molecule has 1 saturated heterocycles. The number of piperidine rings is 1. The predicted molar refractivity (Wildman–Crippen MR) is 104 cm³/mol. The second kappa shape index (κ2) is 11.3. The lowest BCUT2D eigenvalue weighted by Crippen LogP contribution is -2.29. The molecule has 1 aliphatic heterocycles. The van der Waals surface area contributed by atoms with E-state index >= 15 is 0 Å². The van der Waals surface area contributed by atoms with Crippen LogP contribution < -0.4 is 5.73 Å². The van der Waals surface area contributed by atoms with Crippen LogP contribution in [0.1, 0.15) is 58.9 Å². The van der Waals surface area contributed by atoms with E-state index in [0.717, 1.165) is 23.8 Å². The van der Waals surface area contributed by atoms with Crippen molar-refractivity contribution in [2.45, 2.75) is 59.0 Å². The number of nitrogen functional groups attached to an aromatic ring is 1. The van der Waals surface area contributed by atoms with E-state index in [4.69, 9.17) is 17.3 Å². The molecule has 0 spiro atoms. The van der Waals surface area contributed by atoms with Gasteiger partial charge in [-0.2, -0.15) is 0 Å². The number of benzene rings is 1. The third-order valence-electron chi connectivity index (χ3n) is 3.58. The Morgan fingerprint density at radius 1 is 1.25 bits per heavy atom. The molecule has 0 bridgehead atoms. The Bertz CT molecular complexity index is 479. The monoisotopic (exact) mass is 356 g/mol. The van der Waals surface area contributed by atoms with E-state index in [9.17, 15) is 4.79 Å². The first-order chi connectivity index (χ1) is 11.2. The Kier molecular flexibility index (Phi) is 10.7. The van der Waals surface area contributed by atoms with Crippen LogP contribution in [0.2, 0.25) is 5.02 Å². The normalized spacial score (nSPS) is 15.5. The number of likely N-dealkylation sites (tertiary alicyclic amines) is 1. The zero-order valence-electron chi connectivity index (χ0n) is 15.9. The third-order valence-corrected chi connectivity index (χ3v) is 3.91. The topological polar surface area (TPSA) is 55.6 Å². The Morgan fingerprint density at radius 2 is 1.79 bits per heavy atom. The number of hydrogen-bond donors (Lipinski definition) is 1. The minimum atomic E-state index is -0.318. The van der Waals surface area contributed by atoms with Gasteiger partial charge in [-0.3, -0.25) is 4.79 Å². The maximum absolute atomic E-state index is 9.60. The molecule has 0 unspecified atom stereocenters. The number of halogens is 1. The Morgan fingerprint density at radius 3 is 2.17 bits per heavy atom. The fourth-order valence-electron chi connectivity index (χ4n) is 2.34. The summed E-state index contributed by atoms with van der Waals surface area (Å²) in [6.07, 6.45) is 2.39. The maximum atomic E-state index is 9.60. The molecule has 0 atom stereocenters. The van der Waals surface area contributed by atoms with Crippen LogP contribution in [0.25, 0.3) is 0 Å². The van der Waals surface area contributed by atoms with E-state index in [0.29, 0.717) is 12.4 Å². The van der Waals surface area contributed by atoms with Crippen molar-refractivity contribution in [3.8, 4) is 0 Å². The van der Waals surface area contributed by atoms with Crippen molar-refractivity contribution in [1.29, 1.82) is 0 Å². The smallest absolute Gasteiger partial charge is 0.293 e. The number of rotatable bonds is 2. The molecule has 5 heteroatoms. The van der Waals surface area contributed by atoms with Crippen LogP contribution in [-0.2, 0) is 9.53 Å². The fourth-order valence-corrected chi connectivity index (χ4v) is 2.68. The molecule has 1 aliphatic rings. The van der Waals surface area contributed by atoms with E-state index in [1.54, 1.807) is 0 Å². The zero-order valence-corrected chi connectivity index (χ0v) is 16.7. The molecule has 1 aromatic rings. The lowest BCUT2D eigenvalue weighted by atomic mass is 9.89. The van der Waals surface area contributed by atoms with Gasteiger partial charge in [0, 0.05) is 10.7 Å². The first kappa shape index (κ1) is 22.7. The maximum Gasteiger partial charge on any atom is 0.293 e. The van der Waals surface area contributed by atoms with Gasteiger partial charge in [0.1, 0.15) is 5.60 Å². The molecule has 2 rings (SSSR count). The summed E-state index contributed by atoms with van der Waals surface area (Å²) in [5.41, 5.74) is 7.38. The van der Waals surface area contributed by atoms with Crippen molar-refractivity contribution in [2.24, 2.45) is 0 Å². The molecular formula is C19H33ClN2O2. The van der Waals surface area contributed by atoms with Crippen LogP contribution in [0, 0.1) is 0 Å². The summed E-state index contributed by atoms with van der Waals surface area (Å²) in [5.74, 6) is 0.606. The van der Waals surface area contributed by atoms with Gasteiger partial charge >= 0.3 is 0 Å². The van der Waals surface area contributed by atoms with Gasteiger partial charge in [0.2, 0.25) is 0 Å². The second-order valence-electron chi connectivity index (χ2n) is 6.68. The van der Waals surface area contributed by atoms with E-state index in [2.05, 4.69) is 22.8 Å². The Labute approximate surface area is 152 Å². The molecule has 0 amide bonds. The SMILES string of the molecule is CC.CC(C)(C)OC=O.CN1CCC(c2ccc(N)cc2Cl)CC1. The molecular weight excluding hydrogens is 324 g/mol. The van der Waals surface area contributed by atoms with Crippen LogP contribution in [0.3, 0.4) is 0 Å². The first-order valence-corrected chi connectivity index (χ1v) is 8.95. The molecule has 24 heavy (non-hydrogen) atoms. The number of carbonyl (C=O) groups excluding carboxylic acids is 1. The summed E-state index contributed by atoms with van der Waals surface area (Å²) < 4.78 is 4.55. The van der Waals surface area contributed by atoms with Gasteiger partial charge in [-0.25, -0.2) is 0 Å². The van der Waals surface area contributed by atoms with E-state index in [-0.39, 0.29) is 5.60 Å². The minimum absolute atomic E-state index is 0.318. The number of nitrogens with two attached hydrogens (primary N) is 1. The highest BCUT2D eigenvalue weighted by Gasteiger charge is 2.20. The van der Waals surface area contributed by atoms with Gasteiger partial charge in [-0.1, -0.05) is 31.5 Å². The molecule has 0 aromatic heterocycles. The number of hydrogen-bond acceptors (Lipinski definition) is 4. The highest BCUT2D eigenvalue weighted by Crippen LogP contribution is 2.33. The summed E-state index contributed by atoms with van der Waals surface area (Å²) >= 11 is 6.21. The van der Waals surface area contributed by atoms with Crippen LogP contribution in [-0.4, -0.2) is 37.1 Å². The van der Waals surface area contributed by atoms with Gasteiger partial charge in [0.25, 0.3) is 6.47 Å². The molecule has 0 radical (unpaired) electrons. The Balaban J connectivity index is 0.000000501. The van der Waals surface area contributed by atoms with Crippen LogP contribution >= 0.6 is 11.6 Å². The summed E-state index contributed by atoms with van der Waals surface area (Å²) in [6, 6.07) is 5.88. The standard InChI is InChI=1S/C12H17ClN2.C5H10O2.C2H6/c1-15-6-4-9(5-7-15)11-3-2-10(14)8-12(11)13;1-5(2,3)7-4-6;1-2/h2-3,8-9H,4-7,14H2,1H3;4H,1-3H3;1-2H3. The predicted octanol–water partition coefficient (Wildman–Crippen LogP) is 4.72. The molecule has 138 valence electrons. The van der Waals surface area contributed by atoms with Crippen molar-refractivity contribution in [3.05, 3.63) is 28.8 Å². The number of nitrogens with zero attached hydrogens (tertiary/aromatic N) is 1. The zero-order chi connectivity index (χ0) is 18.8. The molecule has 0 aliphatic carbocycles. The van der Waals surface area contributed by atoms with Crippen LogP contribution in [0.15, 0.2) is 18.2 Å². The first-order valence-electron chi connectivity index (χ1n) is 8.58. The van der Waals surface area contributed by atoms with Crippen molar-refractivity contribution >= 4 is 23.8 Å². The molecule has 1 fully saturated rings. The molecule has 4 nitrogen and oxygen atoms in total. The van der Waals surface area contributed by atoms with Gasteiger partial charge in [0.05, 0.1) is 0 Å². The van der Waals surface area contributed by atoms with E-state index < -0.39 is 0 Å². The molecule has 2 N–H and O–H groups in total. The van der Waals surface area contributed by atoms with E-state index in [1.807, 2.05) is 46.8 Å².